The van der Waals surface area contributed by atoms with E-state index in [0.29, 0.717) is 49.9 Å². The van der Waals surface area contributed by atoms with E-state index in [1.807, 2.05) is 30.3 Å². The lowest BCUT2D eigenvalue weighted by Crippen LogP contribution is -2.49. The van der Waals surface area contributed by atoms with Crippen molar-refractivity contribution in [3.8, 4) is 0 Å². The van der Waals surface area contributed by atoms with Crippen molar-refractivity contribution in [2.75, 3.05) is 32.3 Å². The Hall–Kier alpha value is -4.45. The van der Waals surface area contributed by atoms with Gasteiger partial charge in [0.25, 0.3) is 0 Å². The Balaban J connectivity index is 1.27. The van der Waals surface area contributed by atoms with Gasteiger partial charge in [0.2, 0.25) is 11.8 Å². The van der Waals surface area contributed by atoms with Crippen molar-refractivity contribution in [2.45, 2.75) is 89.5 Å². The summed E-state index contributed by atoms with van der Waals surface area (Å²) in [6.45, 7) is 6.91. The molecule has 0 unspecified atom stereocenters. The number of aromatic amines is 1. The molecule has 3 aromatic rings. The molecule has 2 aliphatic rings. The Morgan fingerprint density at radius 2 is 1.72 bits per heavy atom. The van der Waals surface area contributed by atoms with Crippen molar-refractivity contribution < 1.29 is 37.8 Å². The molecule has 50 heavy (non-hydrogen) atoms. The number of likely N-dealkylation sites (tertiary alicyclic amines) is 1. The largest absolute Gasteiger partial charge is 0.458 e. The normalized spacial score (nSPS) is 22.1. The zero-order valence-electron chi connectivity index (χ0n) is 29.5. The van der Waals surface area contributed by atoms with Crippen LogP contribution in [0.5, 0.6) is 0 Å². The van der Waals surface area contributed by atoms with Crippen LogP contribution in [0.1, 0.15) is 81.8 Å². The molecule has 1 aliphatic carbocycles. The van der Waals surface area contributed by atoms with E-state index in [2.05, 4.69) is 15.6 Å². The second kappa shape index (κ2) is 16.1. The van der Waals surface area contributed by atoms with Crippen molar-refractivity contribution in [1.82, 2.24) is 15.2 Å². The highest BCUT2D eigenvalue weighted by molar-refractivity contribution is 6.01. The molecule has 270 valence electrons. The van der Waals surface area contributed by atoms with Crippen LogP contribution in [0.4, 0.5) is 14.9 Å². The smallest absolute Gasteiger partial charge is 0.407 e. The second-order valence-electron chi connectivity index (χ2n) is 14.4. The van der Waals surface area contributed by atoms with E-state index in [-0.39, 0.29) is 48.0 Å². The van der Waals surface area contributed by atoms with Crippen molar-refractivity contribution >= 4 is 40.5 Å². The van der Waals surface area contributed by atoms with E-state index in [0.717, 1.165) is 10.9 Å². The first-order chi connectivity index (χ1) is 23.9. The van der Waals surface area contributed by atoms with Crippen molar-refractivity contribution in [3.63, 3.8) is 0 Å². The SMILES string of the molecule is CO[C@@H](C)COC(=O)c1cc2cc(NC(=O)[C@@H]3[C@@H](c4ccccc4)CCN3C(=O)C3CCC([C@@H](CF)NC(=O)OC(C)(C)C)CC3)ccc2[nH]1. The fourth-order valence-electron chi connectivity index (χ4n) is 7.03. The van der Waals surface area contributed by atoms with Gasteiger partial charge in [0.1, 0.15) is 30.6 Å². The number of benzene rings is 2. The average Bonchev–Trinajstić information content (AvgIpc) is 3.74. The molecule has 11 nitrogen and oxygen atoms in total. The first-order valence-corrected chi connectivity index (χ1v) is 17.4. The Labute approximate surface area is 292 Å². The minimum absolute atomic E-state index is 0.0778. The number of methoxy groups -OCH3 is 1. The molecule has 1 saturated heterocycles. The summed E-state index contributed by atoms with van der Waals surface area (Å²) < 4.78 is 29.8. The summed E-state index contributed by atoms with van der Waals surface area (Å²) in [6.07, 6.45) is 1.98. The molecule has 2 aromatic carbocycles. The molecule has 3 amide bonds. The van der Waals surface area contributed by atoms with Crippen LogP contribution < -0.4 is 10.6 Å². The number of H-pyrrole nitrogens is 1. The molecule has 3 N–H and O–H groups in total. The Morgan fingerprint density at radius 1 is 1.00 bits per heavy atom. The topological polar surface area (TPSA) is 139 Å². The number of aromatic nitrogens is 1. The molecule has 0 radical (unpaired) electrons. The molecule has 12 heteroatoms. The summed E-state index contributed by atoms with van der Waals surface area (Å²) in [7, 11) is 1.55. The Morgan fingerprint density at radius 3 is 2.38 bits per heavy atom. The third-order valence-corrected chi connectivity index (χ3v) is 9.70. The van der Waals surface area contributed by atoms with Gasteiger partial charge in [-0.1, -0.05) is 30.3 Å². The Kier molecular flexibility index (Phi) is 11.8. The number of nitrogens with one attached hydrogen (secondary N) is 3. The minimum Gasteiger partial charge on any atom is -0.458 e. The number of alkyl halides is 1. The van der Waals surface area contributed by atoms with Crippen LogP contribution in [0.2, 0.25) is 0 Å². The third kappa shape index (κ3) is 9.01. The number of carbonyl (C=O) groups excluding carboxylic acids is 4. The number of anilines is 1. The highest BCUT2D eigenvalue weighted by Gasteiger charge is 2.45. The molecule has 0 spiro atoms. The minimum atomic E-state index is -0.731. The van der Waals surface area contributed by atoms with E-state index in [1.54, 1.807) is 64.0 Å². The molecular weight excluding hydrogens is 643 g/mol. The lowest BCUT2D eigenvalue weighted by atomic mass is 9.78. The second-order valence-corrected chi connectivity index (χ2v) is 14.4. The van der Waals surface area contributed by atoms with Crippen molar-refractivity contribution in [2.24, 2.45) is 11.8 Å². The highest BCUT2D eigenvalue weighted by atomic mass is 19.1. The quantitative estimate of drug-likeness (QED) is 0.199. The number of carbonyl (C=O) groups is 4. The predicted octanol–water partition coefficient (Wildman–Crippen LogP) is 6.35. The maximum atomic E-state index is 14.1. The molecule has 2 heterocycles. The predicted molar refractivity (Wildman–Crippen MR) is 188 cm³/mol. The number of ether oxygens (including phenoxy) is 3. The molecule has 1 aromatic heterocycles. The van der Waals surface area contributed by atoms with Gasteiger partial charge in [-0.25, -0.2) is 14.0 Å². The van der Waals surface area contributed by atoms with Crippen molar-refractivity contribution in [1.29, 1.82) is 0 Å². The highest BCUT2D eigenvalue weighted by Crippen LogP contribution is 2.39. The van der Waals surface area contributed by atoms with Crippen LogP contribution in [-0.4, -0.2) is 84.5 Å². The molecule has 0 bridgehead atoms. The standard InChI is InChI=1S/C38H49FN4O7/c1-23(48-5)22-49-36(46)31-20-27-19-28(15-16-30(27)41-31)40-34(44)33-29(24-9-7-6-8-10-24)17-18-43(33)35(45)26-13-11-25(12-14-26)32(21-39)42-37(47)50-38(2,3)4/h6-10,15-16,19-20,23,25-26,29,32-33,41H,11-14,17-18,21-22H2,1-5H3,(H,40,44)(H,42,47)/t23-,25?,26?,29+,32+,33-/m0/s1. The average molecular weight is 693 g/mol. The third-order valence-electron chi connectivity index (χ3n) is 9.70. The first-order valence-electron chi connectivity index (χ1n) is 17.4. The van der Waals surface area contributed by atoms with Gasteiger partial charge in [-0.15, -0.1) is 0 Å². The van der Waals surface area contributed by atoms with Gasteiger partial charge in [-0.2, -0.15) is 0 Å². The maximum Gasteiger partial charge on any atom is 0.407 e. The zero-order chi connectivity index (χ0) is 36.0. The summed E-state index contributed by atoms with van der Waals surface area (Å²) in [6, 6.07) is 15.3. The number of fused-ring (bicyclic) bond motifs is 1. The number of alkyl carbamates (subject to hydrolysis) is 1. The maximum absolute atomic E-state index is 14.1. The molecule has 1 aliphatic heterocycles. The van der Waals surface area contributed by atoms with Gasteiger partial charge < -0.3 is 34.7 Å². The molecule has 5 rings (SSSR count). The van der Waals surface area contributed by atoms with Crippen LogP contribution in [0, 0.1) is 11.8 Å². The van der Waals surface area contributed by atoms with E-state index in [1.165, 1.54) is 0 Å². The monoisotopic (exact) mass is 692 g/mol. The lowest BCUT2D eigenvalue weighted by molar-refractivity contribution is -0.141. The number of hydrogen-bond acceptors (Lipinski definition) is 7. The van der Waals surface area contributed by atoms with E-state index >= 15 is 0 Å². The number of halogens is 1. The zero-order valence-corrected chi connectivity index (χ0v) is 29.5. The lowest BCUT2D eigenvalue weighted by Gasteiger charge is -2.36. The van der Waals surface area contributed by atoms with Crippen LogP contribution in [0.3, 0.4) is 0 Å². The molecular formula is C38H49FN4O7. The van der Waals surface area contributed by atoms with Crippen LogP contribution >= 0.6 is 0 Å². The Bertz CT molecular complexity index is 1650. The number of hydrogen-bond donors (Lipinski definition) is 3. The van der Waals surface area contributed by atoms with Gasteiger partial charge in [0.15, 0.2) is 0 Å². The van der Waals surface area contributed by atoms with Gasteiger partial charge in [-0.3, -0.25) is 9.59 Å². The van der Waals surface area contributed by atoms with Gasteiger partial charge in [-0.05, 0) is 95.5 Å². The van der Waals surface area contributed by atoms with E-state index < -0.39 is 36.4 Å². The summed E-state index contributed by atoms with van der Waals surface area (Å²) in [5.74, 6) is -1.50. The van der Waals surface area contributed by atoms with Crippen LogP contribution in [-0.2, 0) is 23.8 Å². The van der Waals surface area contributed by atoms with Crippen LogP contribution in [0.25, 0.3) is 10.9 Å². The molecule has 4 atom stereocenters. The summed E-state index contributed by atoms with van der Waals surface area (Å²) in [5.41, 5.74) is 1.83. The van der Waals surface area contributed by atoms with Crippen LogP contribution in [0.15, 0.2) is 54.6 Å². The fourth-order valence-corrected chi connectivity index (χ4v) is 7.03. The van der Waals surface area contributed by atoms with Gasteiger partial charge in [0.05, 0.1) is 12.1 Å². The van der Waals surface area contributed by atoms with E-state index in [9.17, 15) is 23.6 Å². The molecule has 2 fully saturated rings. The number of amides is 3. The van der Waals surface area contributed by atoms with E-state index in [4.69, 9.17) is 14.2 Å². The number of rotatable bonds is 11. The molecule has 1 saturated carbocycles. The summed E-state index contributed by atoms with van der Waals surface area (Å²) >= 11 is 0. The van der Waals surface area contributed by atoms with Gasteiger partial charge >= 0.3 is 12.1 Å². The van der Waals surface area contributed by atoms with Crippen molar-refractivity contribution in [3.05, 3.63) is 65.9 Å². The fraction of sp³-hybridized carbons (Fsp3) is 0.526. The number of nitrogens with zero attached hydrogens (tertiary/aromatic N) is 1. The number of esters is 1. The van der Waals surface area contributed by atoms with Gasteiger partial charge in [0, 0.05) is 42.1 Å². The summed E-state index contributed by atoms with van der Waals surface area (Å²) in [4.78, 5) is 57.9. The summed E-state index contributed by atoms with van der Waals surface area (Å²) in [5, 5.41) is 6.44. The first kappa shape index (κ1) is 36.8.